The van der Waals surface area contributed by atoms with E-state index in [4.69, 9.17) is 0 Å². The van der Waals surface area contributed by atoms with Crippen molar-refractivity contribution in [3.05, 3.63) is 67.0 Å². The fourth-order valence-corrected chi connectivity index (χ4v) is 1.55. The molecule has 1 amide bonds. The molecule has 0 spiro atoms. The molecule has 1 aromatic heterocycles. The van der Waals surface area contributed by atoms with Gasteiger partial charge in [0, 0.05) is 12.2 Å². The minimum absolute atomic E-state index is 0.203. The van der Waals surface area contributed by atoms with E-state index in [9.17, 15) is 4.79 Å². The first-order valence-corrected chi connectivity index (χ1v) is 5.97. The van der Waals surface area contributed by atoms with Gasteiger partial charge < -0.3 is 10.6 Å². The zero-order valence-electron chi connectivity index (χ0n) is 10.5. The van der Waals surface area contributed by atoms with Crippen molar-refractivity contribution >= 4 is 17.3 Å². The van der Waals surface area contributed by atoms with Gasteiger partial charge in [0.25, 0.3) is 5.91 Å². The van der Waals surface area contributed by atoms with Gasteiger partial charge in [-0.3, -0.25) is 4.79 Å². The van der Waals surface area contributed by atoms with E-state index in [0.29, 0.717) is 12.2 Å². The molecule has 1 aromatic carbocycles. The number of benzene rings is 1. The number of carbonyl (C=O) groups excluding carboxylic acids is 1. The van der Waals surface area contributed by atoms with Crippen LogP contribution in [-0.2, 0) is 0 Å². The molecule has 0 unspecified atom stereocenters. The van der Waals surface area contributed by atoms with Gasteiger partial charge in [0.1, 0.15) is 5.69 Å². The molecular formula is C15H15N3O. The lowest BCUT2D eigenvalue weighted by Crippen LogP contribution is -2.24. The van der Waals surface area contributed by atoms with Gasteiger partial charge in [0.2, 0.25) is 0 Å². The number of rotatable bonds is 5. The monoisotopic (exact) mass is 253 g/mol. The summed E-state index contributed by atoms with van der Waals surface area (Å²) >= 11 is 0. The smallest absolute Gasteiger partial charge is 0.270 e. The van der Waals surface area contributed by atoms with Crippen LogP contribution in [0.5, 0.6) is 0 Å². The molecule has 4 heteroatoms. The average molecular weight is 253 g/mol. The molecular weight excluding hydrogens is 238 g/mol. The molecule has 1 heterocycles. The number of nitrogens with zero attached hydrogens (tertiary/aromatic N) is 1. The summed E-state index contributed by atoms with van der Waals surface area (Å²) in [6.07, 6.45) is 3.26. The second kappa shape index (κ2) is 6.35. The van der Waals surface area contributed by atoms with Gasteiger partial charge in [-0.05, 0) is 24.3 Å². The molecule has 0 fully saturated rings. The van der Waals surface area contributed by atoms with Crippen LogP contribution in [0.15, 0.2) is 61.3 Å². The van der Waals surface area contributed by atoms with Gasteiger partial charge in [-0.2, -0.15) is 0 Å². The molecule has 19 heavy (non-hydrogen) atoms. The van der Waals surface area contributed by atoms with Crippen LogP contribution in [0.3, 0.4) is 0 Å². The minimum atomic E-state index is -0.203. The summed E-state index contributed by atoms with van der Waals surface area (Å²) in [6.45, 7) is 3.98. The van der Waals surface area contributed by atoms with Gasteiger partial charge >= 0.3 is 0 Å². The van der Waals surface area contributed by atoms with Gasteiger partial charge in [0.05, 0.1) is 11.9 Å². The Morgan fingerprint density at radius 1 is 1.16 bits per heavy atom. The Balaban J connectivity index is 2.02. The number of hydrogen-bond donors (Lipinski definition) is 2. The van der Waals surface area contributed by atoms with Gasteiger partial charge in [0.15, 0.2) is 0 Å². The molecule has 0 saturated carbocycles. The van der Waals surface area contributed by atoms with E-state index < -0.39 is 0 Å². The highest BCUT2D eigenvalue weighted by Gasteiger charge is 2.05. The third-order valence-electron chi connectivity index (χ3n) is 2.47. The minimum Gasteiger partial charge on any atom is -0.354 e. The SMILES string of the molecule is C=CCNC(=O)c1ccc(Nc2ccccc2)cn1. The summed E-state index contributed by atoms with van der Waals surface area (Å²) in [6, 6.07) is 13.3. The zero-order chi connectivity index (χ0) is 13.5. The summed E-state index contributed by atoms with van der Waals surface area (Å²) in [4.78, 5) is 15.8. The first-order chi connectivity index (χ1) is 9.29. The van der Waals surface area contributed by atoms with Gasteiger partial charge in [-0.15, -0.1) is 6.58 Å². The second-order valence-electron chi connectivity index (χ2n) is 3.92. The summed E-state index contributed by atoms with van der Waals surface area (Å²) < 4.78 is 0. The zero-order valence-corrected chi connectivity index (χ0v) is 10.5. The van der Waals surface area contributed by atoms with E-state index >= 15 is 0 Å². The Hall–Kier alpha value is -2.62. The summed E-state index contributed by atoms with van der Waals surface area (Å²) in [5, 5.41) is 5.88. The maximum absolute atomic E-state index is 11.6. The molecule has 96 valence electrons. The average Bonchev–Trinajstić information content (AvgIpc) is 2.46. The van der Waals surface area contributed by atoms with Crippen molar-refractivity contribution in [2.45, 2.75) is 0 Å². The molecule has 0 aliphatic rings. The van der Waals surface area contributed by atoms with Crippen molar-refractivity contribution < 1.29 is 4.79 Å². The van der Waals surface area contributed by atoms with Gasteiger partial charge in [-0.1, -0.05) is 24.3 Å². The van der Waals surface area contributed by atoms with Crippen LogP contribution in [0, 0.1) is 0 Å². The van der Waals surface area contributed by atoms with Crippen molar-refractivity contribution in [3.8, 4) is 0 Å². The van der Waals surface area contributed by atoms with Crippen LogP contribution in [0.1, 0.15) is 10.5 Å². The standard InChI is InChI=1S/C15H15N3O/c1-2-10-16-15(19)14-9-8-13(11-17-14)18-12-6-4-3-5-7-12/h2-9,11,18H,1,10H2,(H,16,19). The first kappa shape index (κ1) is 12.8. The summed E-state index contributed by atoms with van der Waals surface area (Å²) in [5.74, 6) is -0.203. The normalized spacial score (nSPS) is 9.68. The number of amides is 1. The van der Waals surface area contributed by atoms with Crippen molar-refractivity contribution in [2.24, 2.45) is 0 Å². The van der Waals surface area contributed by atoms with E-state index in [1.165, 1.54) is 0 Å². The van der Waals surface area contributed by atoms with Crippen LogP contribution in [0.2, 0.25) is 0 Å². The number of nitrogens with one attached hydrogen (secondary N) is 2. The van der Waals surface area contributed by atoms with Crippen LogP contribution in [0.25, 0.3) is 0 Å². The molecule has 0 aliphatic heterocycles. The van der Waals surface area contributed by atoms with Crippen molar-refractivity contribution in [1.82, 2.24) is 10.3 Å². The second-order valence-corrected chi connectivity index (χ2v) is 3.92. The molecule has 2 rings (SSSR count). The van der Waals surface area contributed by atoms with Crippen molar-refractivity contribution in [1.29, 1.82) is 0 Å². The molecule has 0 saturated heterocycles. The van der Waals surface area contributed by atoms with E-state index in [1.807, 2.05) is 36.4 Å². The fraction of sp³-hybridized carbons (Fsp3) is 0.0667. The number of aromatic nitrogens is 1. The molecule has 0 bridgehead atoms. The largest absolute Gasteiger partial charge is 0.354 e. The Bertz CT molecular complexity index is 549. The molecule has 0 atom stereocenters. The quantitative estimate of drug-likeness (QED) is 0.806. The maximum atomic E-state index is 11.6. The van der Waals surface area contributed by atoms with E-state index in [-0.39, 0.29) is 5.91 Å². The van der Waals surface area contributed by atoms with Crippen LogP contribution >= 0.6 is 0 Å². The summed E-state index contributed by atoms with van der Waals surface area (Å²) in [7, 11) is 0. The Morgan fingerprint density at radius 2 is 1.95 bits per heavy atom. The van der Waals surface area contributed by atoms with Crippen LogP contribution in [-0.4, -0.2) is 17.4 Å². The Morgan fingerprint density at radius 3 is 2.58 bits per heavy atom. The van der Waals surface area contributed by atoms with E-state index in [1.54, 1.807) is 18.3 Å². The molecule has 2 aromatic rings. The third-order valence-corrected chi connectivity index (χ3v) is 2.47. The predicted molar refractivity (Wildman–Crippen MR) is 76.5 cm³/mol. The lowest BCUT2D eigenvalue weighted by molar-refractivity contribution is 0.0953. The third kappa shape index (κ3) is 3.67. The number of anilines is 2. The van der Waals surface area contributed by atoms with Gasteiger partial charge in [-0.25, -0.2) is 4.98 Å². The summed E-state index contributed by atoms with van der Waals surface area (Å²) in [5.41, 5.74) is 2.21. The van der Waals surface area contributed by atoms with Crippen LogP contribution in [0.4, 0.5) is 11.4 Å². The lowest BCUT2D eigenvalue weighted by Gasteiger charge is -2.06. The number of carbonyl (C=O) groups is 1. The lowest BCUT2D eigenvalue weighted by atomic mass is 10.3. The molecule has 4 nitrogen and oxygen atoms in total. The fourth-order valence-electron chi connectivity index (χ4n) is 1.55. The maximum Gasteiger partial charge on any atom is 0.270 e. The predicted octanol–water partition coefficient (Wildman–Crippen LogP) is 2.74. The topological polar surface area (TPSA) is 54.0 Å². The number of hydrogen-bond acceptors (Lipinski definition) is 3. The van der Waals surface area contributed by atoms with Crippen LogP contribution < -0.4 is 10.6 Å². The Kier molecular flexibility index (Phi) is 4.29. The molecule has 0 radical (unpaired) electrons. The Labute approximate surface area is 112 Å². The molecule has 0 aliphatic carbocycles. The molecule has 2 N–H and O–H groups in total. The van der Waals surface area contributed by atoms with Crippen molar-refractivity contribution in [3.63, 3.8) is 0 Å². The highest BCUT2D eigenvalue weighted by molar-refractivity contribution is 5.92. The number of para-hydroxylation sites is 1. The highest BCUT2D eigenvalue weighted by Crippen LogP contribution is 2.14. The van der Waals surface area contributed by atoms with E-state index in [0.717, 1.165) is 11.4 Å². The van der Waals surface area contributed by atoms with Crippen molar-refractivity contribution in [2.75, 3.05) is 11.9 Å². The van der Waals surface area contributed by atoms with E-state index in [2.05, 4.69) is 22.2 Å². The number of pyridine rings is 1. The highest BCUT2D eigenvalue weighted by atomic mass is 16.1. The first-order valence-electron chi connectivity index (χ1n) is 5.97.